The van der Waals surface area contributed by atoms with Gasteiger partial charge in [-0.3, -0.25) is 10.6 Å². The monoisotopic (exact) mass is 472 g/mol. The number of rotatable bonds is 6. The van der Waals surface area contributed by atoms with E-state index in [4.69, 9.17) is 34.8 Å². The lowest BCUT2D eigenvalue weighted by Crippen LogP contribution is -2.47. The van der Waals surface area contributed by atoms with Crippen molar-refractivity contribution in [3.05, 3.63) is 105 Å². The molecular formula is C25H23Cl3N2O. The molecule has 2 N–H and O–H groups in total. The molecule has 0 saturated carbocycles. The van der Waals surface area contributed by atoms with E-state index in [-0.39, 0.29) is 18.0 Å². The van der Waals surface area contributed by atoms with Crippen LogP contribution in [0.25, 0.3) is 0 Å². The van der Waals surface area contributed by atoms with E-state index >= 15 is 0 Å². The third-order valence-electron chi connectivity index (χ3n) is 5.79. The number of hydrogen-bond donors (Lipinski definition) is 2. The quantitative estimate of drug-likeness (QED) is 0.391. The molecule has 1 saturated heterocycles. The van der Waals surface area contributed by atoms with Crippen LogP contribution in [0.1, 0.15) is 42.1 Å². The van der Waals surface area contributed by atoms with Crippen molar-refractivity contribution in [3.8, 4) is 0 Å². The first-order chi connectivity index (χ1) is 14.9. The van der Waals surface area contributed by atoms with Gasteiger partial charge in [0.15, 0.2) is 0 Å². The Hall–Kier alpha value is -1.88. The largest absolute Gasteiger partial charge is 0.303 e. The number of nitrogens with one attached hydrogen (secondary N) is 2. The Morgan fingerprint density at radius 3 is 1.55 bits per heavy atom. The van der Waals surface area contributed by atoms with Crippen LogP contribution in [0.15, 0.2) is 72.8 Å². The average molecular weight is 474 g/mol. The average Bonchev–Trinajstić information content (AvgIpc) is 3.15. The van der Waals surface area contributed by atoms with Gasteiger partial charge in [0.05, 0.1) is 17.7 Å². The summed E-state index contributed by atoms with van der Waals surface area (Å²) in [5.41, 5.74) is 2.62. The van der Waals surface area contributed by atoms with Crippen molar-refractivity contribution < 1.29 is 4.79 Å². The van der Waals surface area contributed by atoms with E-state index in [1.54, 1.807) is 0 Å². The summed E-state index contributed by atoms with van der Waals surface area (Å²) in [6, 6.07) is 23.4. The van der Waals surface area contributed by atoms with Crippen LogP contribution in [0.4, 0.5) is 0 Å². The Bertz CT molecular complexity index is 982. The number of halogens is 3. The predicted molar refractivity (Wildman–Crippen MR) is 128 cm³/mol. The maximum absolute atomic E-state index is 11.6. The molecule has 4 rings (SSSR count). The standard InChI is InChI=1S/C25H23Cl3N2O/c1-16(15-31)14-25(19-6-12-22(28)13-7-19)29-23(17-2-8-20(26)9-3-17)24(30-25)18-4-10-21(27)11-5-18/h2-13,15-16,23-24,29-30H,14H2,1H3. The Morgan fingerprint density at radius 2 is 1.16 bits per heavy atom. The van der Waals surface area contributed by atoms with E-state index in [1.165, 1.54) is 0 Å². The lowest BCUT2D eigenvalue weighted by atomic mass is 9.90. The van der Waals surface area contributed by atoms with Crippen LogP contribution in [-0.2, 0) is 10.5 Å². The van der Waals surface area contributed by atoms with E-state index in [2.05, 4.69) is 10.6 Å². The third kappa shape index (κ3) is 4.82. The Labute approximate surface area is 197 Å². The number of aldehydes is 1. The zero-order chi connectivity index (χ0) is 22.0. The van der Waals surface area contributed by atoms with Crippen molar-refractivity contribution >= 4 is 41.1 Å². The van der Waals surface area contributed by atoms with Gasteiger partial charge in [0.1, 0.15) is 6.29 Å². The second-order valence-corrected chi connectivity index (χ2v) is 9.39. The van der Waals surface area contributed by atoms with Gasteiger partial charge in [0.25, 0.3) is 0 Å². The second-order valence-electron chi connectivity index (χ2n) is 8.08. The first kappa shape index (κ1) is 22.3. The minimum Gasteiger partial charge on any atom is -0.303 e. The molecule has 3 nitrogen and oxygen atoms in total. The molecule has 1 aliphatic heterocycles. The molecule has 3 unspecified atom stereocenters. The summed E-state index contributed by atoms with van der Waals surface area (Å²) in [6.07, 6.45) is 1.58. The summed E-state index contributed by atoms with van der Waals surface area (Å²) in [7, 11) is 0. The SMILES string of the molecule is CC(C=O)CC1(c2ccc(Cl)cc2)NC(c2ccc(Cl)cc2)C(c2ccc(Cl)cc2)N1. The summed E-state index contributed by atoms with van der Waals surface area (Å²) in [6.45, 7) is 1.93. The van der Waals surface area contributed by atoms with Crippen molar-refractivity contribution in [1.29, 1.82) is 0 Å². The molecule has 0 spiro atoms. The molecule has 0 bridgehead atoms. The summed E-state index contributed by atoms with van der Waals surface area (Å²) in [4.78, 5) is 11.6. The molecule has 0 amide bonds. The molecule has 0 aliphatic carbocycles. The van der Waals surface area contributed by atoms with E-state index in [0.29, 0.717) is 21.5 Å². The van der Waals surface area contributed by atoms with Crippen LogP contribution < -0.4 is 10.6 Å². The lowest BCUT2D eigenvalue weighted by Gasteiger charge is -2.33. The molecule has 1 aliphatic rings. The van der Waals surface area contributed by atoms with Gasteiger partial charge < -0.3 is 4.79 Å². The summed E-state index contributed by atoms with van der Waals surface area (Å²) in [5.74, 6) is -0.148. The van der Waals surface area contributed by atoms with Gasteiger partial charge in [-0.2, -0.15) is 0 Å². The predicted octanol–water partition coefficient (Wildman–Crippen LogP) is 6.70. The molecular weight excluding hydrogens is 451 g/mol. The Kier molecular flexibility index (Phi) is 6.71. The summed E-state index contributed by atoms with van der Waals surface area (Å²) >= 11 is 18.4. The van der Waals surface area contributed by atoms with Crippen LogP contribution in [0.5, 0.6) is 0 Å². The first-order valence-corrected chi connectivity index (χ1v) is 11.3. The molecule has 6 heteroatoms. The van der Waals surface area contributed by atoms with Gasteiger partial charge in [-0.25, -0.2) is 0 Å². The minimum atomic E-state index is -0.612. The molecule has 3 aromatic carbocycles. The molecule has 3 aromatic rings. The first-order valence-electron chi connectivity index (χ1n) is 10.2. The molecule has 160 valence electrons. The molecule has 0 aromatic heterocycles. The fourth-order valence-corrected chi connectivity index (χ4v) is 4.68. The fourth-order valence-electron chi connectivity index (χ4n) is 4.30. The van der Waals surface area contributed by atoms with Gasteiger partial charge in [0.2, 0.25) is 0 Å². The number of hydrogen-bond acceptors (Lipinski definition) is 3. The number of carbonyl (C=O) groups is 1. The van der Waals surface area contributed by atoms with E-state index in [0.717, 1.165) is 23.0 Å². The lowest BCUT2D eigenvalue weighted by molar-refractivity contribution is -0.111. The van der Waals surface area contributed by atoms with Crippen LogP contribution in [0.2, 0.25) is 15.1 Å². The van der Waals surface area contributed by atoms with Crippen LogP contribution >= 0.6 is 34.8 Å². The van der Waals surface area contributed by atoms with Crippen LogP contribution in [-0.4, -0.2) is 6.29 Å². The smallest absolute Gasteiger partial charge is 0.122 e. The molecule has 0 radical (unpaired) electrons. The fraction of sp³-hybridized carbons (Fsp3) is 0.240. The molecule has 3 atom stereocenters. The van der Waals surface area contributed by atoms with Gasteiger partial charge in [-0.05, 0) is 59.5 Å². The number of benzene rings is 3. The Balaban J connectivity index is 1.81. The zero-order valence-electron chi connectivity index (χ0n) is 17.0. The van der Waals surface area contributed by atoms with Crippen LogP contribution in [0, 0.1) is 5.92 Å². The van der Waals surface area contributed by atoms with Crippen molar-refractivity contribution in [1.82, 2.24) is 10.6 Å². The van der Waals surface area contributed by atoms with Crippen molar-refractivity contribution in [2.24, 2.45) is 5.92 Å². The van der Waals surface area contributed by atoms with E-state index in [9.17, 15) is 4.79 Å². The highest BCUT2D eigenvalue weighted by Crippen LogP contribution is 2.44. The van der Waals surface area contributed by atoms with Gasteiger partial charge in [0, 0.05) is 21.0 Å². The van der Waals surface area contributed by atoms with Gasteiger partial charge in [-0.1, -0.05) is 78.1 Å². The summed E-state index contributed by atoms with van der Waals surface area (Å²) in [5, 5.41) is 9.68. The maximum atomic E-state index is 11.6. The summed E-state index contributed by atoms with van der Waals surface area (Å²) < 4.78 is 0. The highest BCUT2D eigenvalue weighted by Gasteiger charge is 2.47. The van der Waals surface area contributed by atoms with Crippen molar-refractivity contribution in [2.75, 3.05) is 0 Å². The van der Waals surface area contributed by atoms with Crippen molar-refractivity contribution in [2.45, 2.75) is 31.1 Å². The third-order valence-corrected chi connectivity index (χ3v) is 6.55. The zero-order valence-corrected chi connectivity index (χ0v) is 19.3. The maximum Gasteiger partial charge on any atom is 0.122 e. The topological polar surface area (TPSA) is 41.1 Å². The molecule has 31 heavy (non-hydrogen) atoms. The van der Waals surface area contributed by atoms with Crippen molar-refractivity contribution in [3.63, 3.8) is 0 Å². The highest BCUT2D eigenvalue weighted by atomic mass is 35.5. The number of carbonyl (C=O) groups excluding carboxylic acids is 1. The normalized spacial score (nSPS) is 24.1. The second kappa shape index (κ2) is 9.32. The molecule has 1 heterocycles. The van der Waals surface area contributed by atoms with E-state index in [1.807, 2.05) is 79.7 Å². The Morgan fingerprint density at radius 1 is 0.774 bits per heavy atom. The van der Waals surface area contributed by atoms with Crippen LogP contribution in [0.3, 0.4) is 0 Å². The molecule has 1 fully saturated rings. The minimum absolute atomic E-state index is 0.0482. The van der Waals surface area contributed by atoms with E-state index < -0.39 is 5.66 Å². The highest BCUT2D eigenvalue weighted by molar-refractivity contribution is 6.31. The van der Waals surface area contributed by atoms with Gasteiger partial charge in [-0.15, -0.1) is 0 Å². The van der Waals surface area contributed by atoms with Gasteiger partial charge >= 0.3 is 0 Å².